The van der Waals surface area contributed by atoms with Crippen LogP contribution in [0.3, 0.4) is 0 Å². The van der Waals surface area contributed by atoms with E-state index in [2.05, 4.69) is 0 Å². The van der Waals surface area contributed by atoms with Gasteiger partial charge in [0.15, 0.2) is 0 Å². The van der Waals surface area contributed by atoms with Crippen LogP contribution in [-0.4, -0.2) is 109 Å². The molecule has 0 spiro atoms. The summed E-state index contributed by atoms with van der Waals surface area (Å²) < 4.78 is 10.6. The summed E-state index contributed by atoms with van der Waals surface area (Å²) >= 11 is 0. The summed E-state index contributed by atoms with van der Waals surface area (Å²) in [5.41, 5.74) is -2.05. The normalized spacial score (nSPS) is 17.9. The lowest BCUT2D eigenvalue weighted by Gasteiger charge is -2.39. The molecular formula is C28H55ClN4O7. The smallest absolute Gasteiger partial charge is 0.410 e. The predicted octanol–water partition coefficient (Wildman–Crippen LogP) is 0.0334. The van der Waals surface area contributed by atoms with Gasteiger partial charge in [-0.1, -0.05) is 6.92 Å². The van der Waals surface area contributed by atoms with E-state index in [4.69, 9.17) is 14.6 Å². The van der Waals surface area contributed by atoms with Crippen LogP contribution in [0.2, 0.25) is 0 Å². The Morgan fingerprint density at radius 3 is 1.23 bits per heavy atom. The van der Waals surface area contributed by atoms with E-state index in [-0.39, 0.29) is 35.9 Å². The molecule has 0 unspecified atom stereocenters. The summed E-state index contributed by atoms with van der Waals surface area (Å²) in [4.78, 5) is 51.7. The van der Waals surface area contributed by atoms with E-state index in [0.717, 1.165) is 0 Å². The number of hydrogen-bond acceptors (Lipinski definition) is 6. The highest BCUT2D eigenvalue weighted by Gasteiger charge is 2.40. The Kier molecular flexibility index (Phi) is 16.2. The summed E-state index contributed by atoms with van der Waals surface area (Å²) in [5, 5.41) is 11.1. The Labute approximate surface area is 247 Å². The minimum Gasteiger partial charge on any atom is -1.00 e. The van der Waals surface area contributed by atoms with E-state index in [0.29, 0.717) is 51.9 Å². The third kappa shape index (κ3) is 13.9. The van der Waals surface area contributed by atoms with Crippen LogP contribution < -0.4 is 17.7 Å². The Hall–Kier alpha value is -2.27. The van der Waals surface area contributed by atoms with Gasteiger partial charge >= 0.3 is 18.2 Å². The van der Waals surface area contributed by atoms with Crippen LogP contribution in [0.4, 0.5) is 9.59 Å². The van der Waals surface area contributed by atoms with Crippen LogP contribution in [0.15, 0.2) is 0 Å². The van der Waals surface area contributed by atoms with Crippen molar-refractivity contribution >= 4 is 24.1 Å². The van der Waals surface area contributed by atoms with E-state index in [9.17, 15) is 19.2 Å². The first-order valence-corrected chi connectivity index (χ1v) is 13.8. The number of rotatable bonds is 2. The zero-order valence-corrected chi connectivity index (χ0v) is 27.6. The summed E-state index contributed by atoms with van der Waals surface area (Å²) in [5.74, 6) is -0.655. The molecule has 0 atom stereocenters. The van der Waals surface area contributed by atoms with Gasteiger partial charge in [-0.05, 0) is 74.1 Å². The van der Waals surface area contributed by atoms with Crippen LogP contribution in [0.1, 0.15) is 81.1 Å². The third-order valence-corrected chi connectivity index (χ3v) is 6.48. The van der Waals surface area contributed by atoms with E-state index < -0.39 is 22.6 Å². The number of hydrogen-bond donors (Lipinski definition) is 2. The first kappa shape index (κ1) is 39.9. The highest BCUT2D eigenvalue weighted by molar-refractivity contribution is 5.82. The number of carboxylic acids is 1. The number of piperidine rings is 2. The molecule has 12 heteroatoms. The van der Waals surface area contributed by atoms with Crippen molar-refractivity contribution in [2.24, 2.45) is 10.8 Å². The molecule has 2 saturated heterocycles. The van der Waals surface area contributed by atoms with Gasteiger partial charge in [-0.3, -0.25) is 9.59 Å². The number of halogens is 1. The van der Waals surface area contributed by atoms with Gasteiger partial charge in [0.05, 0.1) is 19.5 Å². The lowest BCUT2D eigenvalue weighted by molar-refractivity contribution is -0.597. The van der Waals surface area contributed by atoms with Gasteiger partial charge in [0.1, 0.15) is 11.2 Å². The second-order valence-electron chi connectivity index (χ2n) is 13.1. The van der Waals surface area contributed by atoms with Gasteiger partial charge in [-0.2, -0.15) is 0 Å². The molecule has 3 amide bonds. The van der Waals surface area contributed by atoms with Crippen LogP contribution >= 0.6 is 0 Å². The highest BCUT2D eigenvalue weighted by Crippen LogP contribution is 2.33. The van der Waals surface area contributed by atoms with Crippen LogP contribution in [0.5, 0.6) is 0 Å². The number of aliphatic carboxylic acids is 1. The average molecular weight is 595 g/mol. The number of quaternary nitrogens is 1. The molecule has 0 radical (unpaired) electrons. The largest absolute Gasteiger partial charge is 1.00 e. The highest BCUT2D eigenvalue weighted by atomic mass is 35.5. The minimum absolute atomic E-state index is 0. The number of nitrogens with two attached hydrogens (primary N) is 1. The number of carboxylic acid groups (broad SMARTS) is 1. The Morgan fingerprint density at radius 1 is 0.725 bits per heavy atom. The number of nitrogens with zero attached hydrogens (tertiary/aromatic N) is 3. The van der Waals surface area contributed by atoms with E-state index in [1.165, 1.54) is 0 Å². The predicted molar refractivity (Wildman–Crippen MR) is 150 cm³/mol. The molecule has 40 heavy (non-hydrogen) atoms. The first-order valence-electron chi connectivity index (χ1n) is 13.8. The summed E-state index contributed by atoms with van der Waals surface area (Å²) in [6.07, 6.45) is 1.67. The number of amides is 3. The standard InChI is InChI=1S/C14H26N2O3.C12H21NO4.C2H7N.ClH/c1-13(2,3)19-12(18)16-9-7-14(4,8-10-16)11(17)15(5)6;1-11(2,3)17-10(16)13-7-5-12(4,6-8-13)9(14)15;1-3-2;/h7-10H2,1-6H3;5-8H2,1-4H3,(H,14,15);3H,1-2H3;1H. The van der Waals surface area contributed by atoms with Crippen molar-refractivity contribution in [2.45, 2.75) is 92.3 Å². The molecule has 2 aliphatic heterocycles. The maximum atomic E-state index is 12.1. The van der Waals surface area contributed by atoms with Crippen molar-refractivity contribution in [3.63, 3.8) is 0 Å². The minimum atomic E-state index is -0.790. The van der Waals surface area contributed by atoms with Gasteiger partial charge < -0.3 is 47.0 Å². The summed E-state index contributed by atoms with van der Waals surface area (Å²) in [6.45, 7) is 16.7. The Balaban J connectivity index is 0. The zero-order valence-electron chi connectivity index (χ0n) is 26.9. The monoisotopic (exact) mass is 594 g/mol. The number of carbonyl (C=O) groups is 4. The number of likely N-dealkylation sites (tertiary alicyclic amines) is 2. The topological polar surface area (TPSA) is 133 Å². The molecule has 2 aliphatic rings. The molecule has 0 aromatic carbocycles. The Morgan fingerprint density at radius 2 is 1.00 bits per heavy atom. The average Bonchev–Trinajstić information content (AvgIpc) is 2.78. The molecule has 0 aromatic rings. The maximum Gasteiger partial charge on any atom is 0.410 e. The molecule has 11 nitrogen and oxygen atoms in total. The van der Waals surface area contributed by atoms with Gasteiger partial charge in [0, 0.05) is 45.7 Å². The fourth-order valence-corrected chi connectivity index (χ4v) is 3.99. The molecule has 3 N–H and O–H groups in total. The SMILES string of the molecule is CC(C)(C)OC(=O)N1CCC(C)(C(=O)O)CC1.CN(C)C(=O)C1(C)CCN(C(=O)OC(C)(C)C)CC1.C[NH2+]C.[Cl-]. The van der Waals surface area contributed by atoms with Crippen LogP contribution in [-0.2, 0) is 19.1 Å². The molecule has 0 bridgehead atoms. The fraction of sp³-hybridized carbons (Fsp3) is 0.857. The van der Waals surface area contributed by atoms with Crippen molar-refractivity contribution in [1.82, 2.24) is 14.7 Å². The third-order valence-electron chi connectivity index (χ3n) is 6.48. The molecule has 2 fully saturated rings. The lowest BCUT2D eigenvalue weighted by Crippen LogP contribution is -3.00. The van der Waals surface area contributed by atoms with Crippen molar-refractivity contribution < 1.29 is 51.5 Å². The molecule has 0 aromatic heterocycles. The van der Waals surface area contributed by atoms with E-state index >= 15 is 0 Å². The van der Waals surface area contributed by atoms with Crippen molar-refractivity contribution in [1.29, 1.82) is 0 Å². The second-order valence-corrected chi connectivity index (χ2v) is 13.1. The lowest BCUT2D eigenvalue weighted by atomic mass is 9.79. The van der Waals surface area contributed by atoms with Crippen LogP contribution in [0.25, 0.3) is 0 Å². The van der Waals surface area contributed by atoms with E-state index in [1.807, 2.05) is 67.9 Å². The van der Waals surface area contributed by atoms with E-state index in [1.54, 1.807) is 35.7 Å². The fourth-order valence-electron chi connectivity index (χ4n) is 3.99. The molecular weight excluding hydrogens is 540 g/mol. The summed E-state index contributed by atoms with van der Waals surface area (Å²) in [7, 11) is 7.54. The van der Waals surface area contributed by atoms with Crippen molar-refractivity contribution in [3.05, 3.63) is 0 Å². The molecule has 0 saturated carbocycles. The number of ether oxygens (including phenoxy) is 2. The first-order chi connectivity index (χ1) is 17.6. The van der Waals surface area contributed by atoms with Gasteiger partial charge in [-0.15, -0.1) is 0 Å². The van der Waals surface area contributed by atoms with Crippen LogP contribution in [0, 0.1) is 10.8 Å². The quantitative estimate of drug-likeness (QED) is 0.461. The van der Waals surface area contributed by atoms with Gasteiger partial charge in [-0.25, -0.2) is 9.59 Å². The van der Waals surface area contributed by atoms with Gasteiger partial charge in [0.2, 0.25) is 5.91 Å². The second kappa shape index (κ2) is 16.2. The zero-order chi connectivity index (χ0) is 30.8. The molecule has 0 aliphatic carbocycles. The summed E-state index contributed by atoms with van der Waals surface area (Å²) in [6, 6.07) is 0. The maximum absolute atomic E-state index is 12.1. The van der Waals surface area contributed by atoms with Crippen molar-refractivity contribution in [2.75, 3.05) is 54.4 Å². The van der Waals surface area contributed by atoms with Crippen molar-refractivity contribution in [3.8, 4) is 0 Å². The molecule has 2 rings (SSSR count). The van der Waals surface area contributed by atoms with Gasteiger partial charge in [0.25, 0.3) is 0 Å². The number of carbonyl (C=O) groups excluding carboxylic acids is 3. The molecule has 2 heterocycles. The molecule has 236 valence electrons. The Bertz CT molecular complexity index is 821.